The van der Waals surface area contributed by atoms with Crippen LogP contribution in [0.3, 0.4) is 0 Å². The van der Waals surface area contributed by atoms with Gasteiger partial charge in [-0.2, -0.15) is 10.2 Å². The number of halogens is 2. The third-order valence-electron chi connectivity index (χ3n) is 8.16. The molecule has 1 aliphatic rings. The van der Waals surface area contributed by atoms with Crippen LogP contribution in [0.25, 0.3) is 39.1 Å². The van der Waals surface area contributed by atoms with Crippen LogP contribution in [-0.4, -0.2) is 25.5 Å². The highest BCUT2D eigenvalue weighted by Crippen LogP contribution is 2.41. The average Bonchev–Trinajstić information content (AvgIpc) is 3.75. The van der Waals surface area contributed by atoms with E-state index in [0.717, 1.165) is 64.9 Å². The molecule has 0 aliphatic carbocycles. The van der Waals surface area contributed by atoms with Crippen LogP contribution in [0.2, 0.25) is 0 Å². The minimum Gasteiger partial charge on any atom is -0.240 e. The van der Waals surface area contributed by atoms with Crippen LogP contribution < -0.4 is 5.01 Å². The Bertz CT molecular complexity index is 2200. The Labute approximate surface area is 283 Å². The number of fused-ring (bicyclic) bond motifs is 1. The summed E-state index contributed by atoms with van der Waals surface area (Å²) < 4.78 is 3.96. The number of benzene rings is 5. The number of anilines is 1. The van der Waals surface area contributed by atoms with Crippen LogP contribution in [0.1, 0.15) is 23.6 Å². The van der Waals surface area contributed by atoms with Crippen LogP contribution >= 0.6 is 31.9 Å². The van der Waals surface area contributed by atoms with Crippen LogP contribution in [0, 0.1) is 0 Å². The Balaban J connectivity index is 1.34. The van der Waals surface area contributed by atoms with Crippen LogP contribution in [0.5, 0.6) is 0 Å². The molecule has 2 aromatic heterocycles. The zero-order valence-corrected chi connectivity index (χ0v) is 27.7. The highest BCUT2D eigenvalue weighted by Gasteiger charge is 2.35. The summed E-state index contributed by atoms with van der Waals surface area (Å²) in [6.07, 6.45) is 2.79. The van der Waals surface area contributed by atoms with E-state index >= 15 is 0 Å². The van der Waals surface area contributed by atoms with Crippen molar-refractivity contribution in [3.05, 3.63) is 160 Å². The molecule has 0 radical (unpaired) electrons. The highest BCUT2D eigenvalue weighted by atomic mass is 79.9. The summed E-state index contributed by atoms with van der Waals surface area (Å²) in [5.41, 5.74) is 8.72. The molecule has 0 spiro atoms. The van der Waals surface area contributed by atoms with Gasteiger partial charge in [0.25, 0.3) is 0 Å². The first-order valence-electron chi connectivity index (χ1n) is 15.0. The minimum atomic E-state index is -0.206. The Morgan fingerprint density at radius 2 is 1.24 bits per heavy atom. The van der Waals surface area contributed by atoms with Crippen molar-refractivity contribution >= 4 is 54.4 Å². The molecule has 0 N–H and O–H groups in total. The summed E-state index contributed by atoms with van der Waals surface area (Å²) in [5.74, 6) is 0.539. The molecule has 0 amide bonds. The molecule has 222 valence electrons. The Morgan fingerprint density at radius 3 is 1.93 bits per heavy atom. The minimum absolute atomic E-state index is 0.206. The van der Waals surface area contributed by atoms with Crippen molar-refractivity contribution in [2.45, 2.75) is 12.5 Å². The summed E-state index contributed by atoms with van der Waals surface area (Å²) in [4.78, 5) is 10.4. The van der Waals surface area contributed by atoms with Crippen molar-refractivity contribution in [3.8, 4) is 28.2 Å². The lowest BCUT2D eigenvalue weighted by Crippen LogP contribution is -2.21. The molecule has 0 bridgehead atoms. The number of aromatic nitrogens is 4. The second-order valence-corrected chi connectivity index (χ2v) is 12.9. The van der Waals surface area contributed by atoms with E-state index in [9.17, 15) is 0 Å². The van der Waals surface area contributed by atoms with E-state index in [2.05, 4.69) is 105 Å². The molecule has 5 aromatic carbocycles. The number of hydrogen-bond acceptors (Lipinski definition) is 5. The number of hydrogen-bond donors (Lipinski definition) is 0. The van der Waals surface area contributed by atoms with Crippen molar-refractivity contribution in [1.82, 2.24) is 19.7 Å². The zero-order valence-electron chi connectivity index (χ0n) is 24.5. The second-order valence-electron chi connectivity index (χ2n) is 11.1. The maximum Gasteiger partial charge on any atom is 0.247 e. The molecule has 0 saturated carbocycles. The van der Waals surface area contributed by atoms with Gasteiger partial charge in [-0.15, -0.1) is 0 Å². The van der Waals surface area contributed by atoms with Gasteiger partial charge in [0.2, 0.25) is 5.95 Å². The molecule has 1 unspecified atom stereocenters. The standard InChI is InChI=1S/C38H26Br2N6/c39-28-18-16-25(17-19-28)34-23-35(32-24-45(30-14-8-3-9-15-30)44-37(32)27-12-6-2-7-13-27)46(43-34)38-41-33-21-20-29(40)22-31(33)36(42-38)26-10-4-1-5-11-26/h1-22,24,35H,23H2. The van der Waals surface area contributed by atoms with E-state index in [1.54, 1.807) is 0 Å². The molecule has 0 saturated heterocycles. The summed E-state index contributed by atoms with van der Waals surface area (Å²) in [6, 6.07) is 45.0. The number of rotatable bonds is 6. The number of hydrazone groups is 1. The fraction of sp³-hybridized carbons (Fsp3) is 0.0526. The van der Waals surface area contributed by atoms with Crippen LogP contribution in [0.15, 0.2) is 154 Å². The summed E-state index contributed by atoms with van der Waals surface area (Å²) >= 11 is 7.24. The third-order valence-corrected chi connectivity index (χ3v) is 9.18. The van der Waals surface area contributed by atoms with Gasteiger partial charge in [-0.1, -0.05) is 123 Å². The van der Waals surface area contributed by atoms with Gasteiger partial charge in [0.15, 0.2) is 0 Å². The lowest BCUT2D eigenvalue weighted by atomic mass is 9.96. The number of para-hydroxylation sites is 1. The maximum atomic E-state index is 5.26. The number of nitrogens with zero attached hydrogens (tertiary/aromatic N) is 6. The van der Waals surface area contributed by atoms with Gasteiger partial charge in [0.05, 0.1) is 34.3 Å². The Morgan fingerprint density at radius 1 is 0.609 bits per heavy atom. The monoisotopic (exact) mass is 724 g/mol. The largest absolute Gasteiger partial charge is 0.247 e. The van der Waals surface area contributed by atoms with E-state index in [1.165, 1.54) is 0 Å². The zero-order chi connectivity index (χ0) is 31.0. The second kappa shape index (κ2) is 12.1. The molecule has 6 nitrogen and oxygen atoms in total. The third kappa shape index (κ3) is 5.44. The average molecular weight is 726 g/mol. The van der Waals surface area contributed by atoms with Crippen molar-refractivity contribution < 1.29 is 0 Å². The maximum absolute atomic E-state index is 5.26. The fourth-order valence-electron chi connectivity index (χ4n) is 5.93. The molecule has 46 heavy (non-hydrogen) atoms. The molecular formula is C38H26Br2N6. The van der Waals surface area contributed by atoms with E-state index in [-0.39, 0.29) is 6.04 Å². The van der Waals surface area contributed by atoms with E-state index in [4.69, 9.17) is 20.2 Å². The van der Waals surface area contributed by atoms with Crippen LogP contribution in [-0.2, 0) is 0 Å². The van der Waals surface area contributed by atoms with Crippen LogP contribution in [0.4, 0.5) is 5.95 Å². The van der Waals surface area contributed by atoms with Crippen molar-refractivity contribution in [1.29, 1.82) is 0 Å². The topological polar surface area (TPSA) is 59.2 Å². The molecule has 0 fully saturated rings. The van der Waals surface area contributed by atoms with Gasteiger partial charge in [0.1, 0.15) is 0 Å². The van der Waals surface area contributed by atoms with Crippen molar-refractivity contribution in [2.75, 3.05) is 5.01 Å². The molecule has 1 aliphatic heterocycles. The highest BCUT2D eigenvalue weighted by molar-refractivity contribution is 9.10. The lowest BCUT2D eigenvalue weighted by molar-refractivity contribution is 0.690. The first-order valence-corrected chi connectivity index (χ1v) is 16.5. The Hall–Kier alpha value is -4.92. The SMILES string of the molecule is Brc1ccc(C2=NN(c3nc(-c4ccccc4)c4cc(Br)ccc4n3)C(c3cn(-c4ccccc4)nc3-c3ccccc3)C2)cc1. The molecular weight excluding hydrogens is 700 g/mol. The smallest absolute Gasteiger partial charge is 0.240 e. The quantitative estimate of drug-likeness (QED) is 0.171. The van der Waals surface area contributed by atoms with Gasteiger partial charge in [0, 0.05) is 43.6 Å². The van der Waals surface area contributed by atoms with Gasteiger partial charge < -0.3 is 0 Å². The predicted octanol–water partition coefficient (Wildman–Crippen LogP) is 10.0. The fourth-order valence-corrected chi connectivity index (χ4v) is 6.55. The van der Waals surface area contributed by atoms with Gasteiger partial charge >= 0.3 is 0 Å². The van der Waals surface area contributed by atoms with Gasteiger partial charge in [-0.3, -0.25) is 0 Å². The molecule has 1 atom stereocenters. The van der Waals surface area contributed by atoms with E-state index < -0.39 is 0 Å². The molecule has 8 rings (SSSR count). The summed E-state index contributed by atoms with van der Waals surface area (Å²) in [7, 11) is 0. The predicted molar refractivity (Wildman–Crippen MR) is 192 cm³/mol. The molecule has 3 heterocycles. The van der Waals surface area contributed by atoms with Crippen molar-refractivity contribution in [3.63, 3.8) is 0 Å². The van der Waals surface area contributed by atoms with E-state index in [0.29, 0.717) is 12.4 Å². The summed E-state index contributed by atoms with van der Waals surface area (Å²) in [5, 5.41) is 13.4. The van der Waals surface area contributed by atoms with Crippen molar-refractivity contribution in [2.24, 2.45) is 5.10 Å². The summed E-state index contributed by atoms with van der Waals surface area (Å²) in [6.45, 7) is 0. The molecule has 8 heteroatoms. The van der Waals surface area contributed by atoms with E-state index in [1.807, 2.05) is 76.4 Å². The normalized spacial score (nSPS) is 14.5. The Kier molecular flexibility index (Phi) is 7.52. The lowest BCUT2D eigenvalue weighted by Gasteiger charge is -2.23. The van der Waals surface area contributed by atoms with Gasteiger partial charge in [-0.05, 0) is 48.0 Å². The van der Waals surface area contributed by atoms with Gasteiger partial charge in [-0.25, -0.2) is 19.7 Å². The first kappa shape index (κ1) is 28.5. The molecule has 7 aromatic rings. The first-order chi connectivity index (χ1) is 22.6.